The van der Waals surface area contributed by atoms with Crippen LogP contribution in [-0.4, -0.2) is 48.1 Å². The van der Waals surface area contributed by atoms with Gasteiger partial charge in [-0.1, -0.05) is 18.2 Å². The van der Waals surface area contributed by atoms with Gasteiger partial charge in [-0.3, -0.25) is 9.78 Å². The number of piperidine rings is 1. The number of benzene rings is 1. The molecule has 0 spiro atoms. The molecule has 4 rings (SSSR count). The van der Waals surface area contributed by atoms with Crippen molar-refractivity contribution in [3.63, 3.8) is 0 Å². The zero-order chi connectivity index (χ0) is 17.8. The lowest BCUT2D eigenvalue weighted by Gasteiger charge is -2.34. The fourth-order valence-corrected chi connectivity index (χ4v) is 3.81. The third kappa shape index (κ3) is 3.88. The van der Waals surface area contributed by atoms with Crippen LogP contribution in [0.15, 0.2) is 48.8 Å². The second kappa shape index (κ2) is 7.87. The number of amides is 1. The second-order valence-electron chi connectivity index (χ2n) is 7.21. The van der Waals surface area contributed by atoms with Gasteiger partial charge >= 0.3 is 0 Å². The number of carbonyl (C=O) groups is 1. The van der Waals surface area contributed by atoms with E-state index in [0.29, 0.717) is 17.5 Å². The largest absolute Gasteiger partial charge is 0.493 e. The summed E-state index contributed by atoms with van der Waals surface area (Å²) in [5.74, 6) is 1.64. The molecule has 1 amide bonds. The Hall–Kier alpha value is -2.40. The standard InChI is InChI=1S/C21H25N3O2/c25-21(18-5-3-9-22-14-18)24-10-7-19(8-11-24)23-13-16-12-17-4-1-2-6-20(17)26-15-16/h1-6,9,14,16,19,23H,7-8,10-13,15H2/t16-/m1/s1. The van der Waals surface area contributed by atoms with E-state index < -0.39 is 0 Å². The monoisotopic (exact) mass is 351 g/mol. The van der Waals surface area contributed by atoms with Crippen LogP contribution in [0.4, 0.5) is 0 Å². The molecule has 1 fully saturated rings. The maximum atomic E-state index is 12.5. The fourth-order valence-electron chi connectivity index (χ4n) is 3.81. The van der Waals surface area contributed by atoms with E-state index in [9.17, 15) is 4.79 Å². The first kappa shape index (κ1) is 17.0. The van der Waals surface area contributed by atoms with E-state index in [1.807, 2.05) is 29.2 Å². The van der Waals surface area contributed by atoms with Gasteiger partial charge in [-0.15, -0.1) is 0 Å². The van der Waals surface area contributed by atoms with E-state index in [1.54, 1.807) is 12.4 Å². The third-order valence-electron chi connectivity index (χ3n) is 5.34. The Morgan fingerprint density at radius 2 is 2.04 bits per heavy atom. The maximum Gasteiger partial charge on any atom is 0.255 e. The van der Waals surface area contributed by atoms with Crippen LogP contribution in [0.25, 0.3) is 0 Å². The van der Waals surface area contributed by atoms with Crippen molar-refractivity contribution >= 4 is 5.91 Å². The Morgan fingerprint density at radius 3 is 2.85 bits per heavy atom. The summed E-state index contributed by atoms with van der Waals surface area (Å²) in [6, 6.07) is 12.4. The van der Waals surface area contributed by atoms with E-state index >= 15 is 0 Å². The molecule has 0 radical (unpaired) electrons. The molecule has 3 heterocycles. The predicted molar refractivity (Wildman–Crippen MR) is 100 cm³/mol. The van der Waals surface area contributed by atoms with Crippen LogP contribution < -0.4 is 10.1 Å². The van der Waals surface area contributed by atoms with Crippen molar-refractivity contribution in [1.82, 2.24) is 15.2 Å². The number of ether oxygens (including phenoxy) is 1. The van der Waals surface area contributed by atoms with Crippen LogP contribution in [0.3, 0.4) is 0 Å². The van der Waals surface area contributed by atoms with Crippen LogP contribution in [0.2, 0.25) is 0 Å². The number of fused-ring (bicyclic) bond motifs is 1. The quantitative estimate of drug-likeness (QED) is 0.920. The summed E-state index contributed by atoms with van der Waals surface area (Å²) in [6.45, 7) is 3.35. The van der Waals surface area contributed by atoms with E-state index in [0.717, 1.165) is 51.3 Å². The van der Waals surface area contributed by atoms with E-state index in [-0.39, 0.29) is 5.91 Å². The first-order valence-electron chi connectivity index (χ1n) is 9.43. The van der Waals surface area contributed by atoms with Gasteiger partial charge < -0.3 is 15.0 Å². The van der Waals surface area contributed by atoms with Crippen molar-refractivity contribution in [3.8, 4) is 5.75 Å². The Bertz CT molecular complexity index is 742. The van der Waals surface area contributed by atoms with Crippen molar-refractivity contribution < 1.29 is 9.53 Å². The highest BCUT2D eigenvalue weighted by Gasteiger charge is 2.25. The van der Waals surface area contributed by atoms with Crippen LogP contribution in [0, 0.1) is 5.92 Å². The van der Waals surface area contributed by atoms with Crippen molar-refractivity contribution in [1.29, 1.82) is 0 Å². The van der Waals surface area contributed by atoms with E-state index in [2.05, 4.69) is 22.4 Å². The minimum absolute atomic E-state index is 0.0915. The molecule has 2 aliphatic rings. The Kier molecular flexibility index (Phi) is 5.16. The molecule has 1 aromatic carbocycles. The summed E-state index contributed by atoms with van der Waals surface area (Å²) >= 11 is 0. The molecular weight excluding hydrogens is 326 g/mol. The molecule has 1 atom stereocenters. The van der Waals surface area contributed by atoms with Crippen LogP contribution in [0.1, 0.15) is 28.8 Å². The minimum atomic E-state index is 0.0915. The lowest BCUT2D eigenvalue weighted by Crippen LogP contribution is -2.46. The van der Waals surface area contributed by atoms with Gasteiger partial charge in [-0.2, -0.15) is 0 Å². The number of para-hydroxylation sites is 1. The van der Waals surface area contributed by atoms with Gasteiger partial charge in [-0.05, 0) is 43.0 Å². The average molecular weight is 351 g/mol. The van der Waals surface area contributed by atoms with E-state index in [1.165, 1.54) is 5.56 Å². The second-order valence-corrected chi connectivity index (χ2v) is 7.21. The predicted octanol–water partition coefficient (Wildman–Crippen LogP) is 2.53. The topological polar surface area (TPSA) is 54.5 Å². The summed E-state index contributed by atoms with van der Waals surface area (Å²) in [6.07, 6.45) is 6.40. The van der Waals surface area contributed by atoms with Gasteiger partial charge in [0.2, 0.25) is 0 Å². The maximum absolute atomic E-state index is 12.5. The molecule has 0 saturated carbocycles. The first-order valence-corrected chi connectivity index (χ1v) is 9.43. The molecule has 5 nitrogen and oxygen atoms in total. The molecule has 1 saturated heterocycles. The van der Waals surface area contributed by atoms with Crippen LogP contribution >= 0.6 is 0 Å². The smallest absolute Gasteiger partial charge is 0.255 e. The number of carbonyl (C=O) groups excluding carboxylic acids is 1. The number of pyridine rings is 1. The summed E-state index contributed by atoms with van der Waals surface area (Å²) in [5.41, 5.74) is 1.99. The first-order chi connectivity index (χ1) is 12.8. The van der Waals surface area contributed by atoms with Gasteiger partial charge in [-0.25, -0.2) is 0 Å². The molecule has 0 bridgehead atoms. The normalized spacial score (nSPS) is 20.3. The lowest BCUT2D eigenvalue weighted by atomic mass is 9.95. The SMILES string of the molecule is O=C(c1cccnc1)N1CCC(NC[C@@H]2COc3ccccc3C2)CC1. The van der Waals surface area contributed by atoms with Gasteiger partial charge in [0, 0.05) is 44.0 Å². The zero-order valence-electron chi connectivity index (χ0n) is 14.9. The highest BCUT2D eigenvalue weighted by molar-refractivity contribution is 5.93. The number of rotatable bonds is 4. The lowest BCUT2D eigenvalue weighted by molar-refractivity contribution is 0.0702. The fraction of sp³-hybridized carbons (Fsp3) is 0.429. The number of hydrogen-bond acceptors (Lipinski definition) is 4. The van der Waals surface area contributed by atoms with Crippen molar-refractivity contribution in [2.24, 2.45) is 5.92 Å². The van der Waals surface area contributed by atoms with Crippen molar-refractivity contribution in [3.05, 3.63) is 59.9 Å². The van der Waals surface area contributed by atoms with Crippen LogP contribution in [0.5, 0.6) is 5.75 Å². The molecule has 2 aromatic rings. The molecule has 0 unspecified atom stereocenters. The molecule has 0 aliphatic carbocycles. The van der Waals surface area contributed by atoms with Gasteiger partial charge in [0.05, 0.1) is 12.2 Å². The molecule has 2 aliphatic heterocycles. The average Bonchev–Trinajstić information content (AvgIpc) is 2.72. The highest BCUT2D eigenvalue weighted by atomic mass is 16.5. The summed E-state index contributed by atoms with van der Waals surface area (Å²) in [5, 5.41) is 3.69. The number of aromatic nitrogens is 1. The summed E-state index contributed by atoms with van der Waals surface area (Å²) in [7, 11) is 0. The number of likely N-dealkylation sites (tertiary alicyclic amines) is 1. The van der Waals surface area contributed by atoms with Gasteiger partial charge in [0.15, 0.2) is 0 Å². The Balaban J connectivity index is 1.23. The van der Waals surface area contributed by atoms with E-state index in [4.69, 9.17) is 4.74 Å². The minimum Gasteiger partial charge on any atom is -0.493 e. The van der Waals surface area contributed by atoms with Gasteiger partial charge in [0.1, 0.15) is 5.75 Å². The summed E-state index contributed by atoms with van der Waals surface area (Å²) in [4.78, 5) is 18.5. The number of nitrogens with one attached hydrogen (secondary N) is 1. The molecular formula is C21H25N3O2. The van der Waals surface area contributed by atoms with Gasteiger partial charge in [0.25, 0.3) is 5.91 Å². The molecule has 1 aromatic heterocycles. The van der Waals surface area contributed by atoms with Crippen molar-refractivity contribution in [2.75, 3.05) is 26.2 Å². The Morgan fingerprint density at radius 1 is 1.19 bits per heavy atom. The summed E-state index contributed by atoms with van der Waals surface area (Å²) < 4.78 is 5.87. The molecule has 26 heavy (non-hydrogen) atoms. The zero-order valence-corrected chi connectivity index (χ0v) is 14.9. The highest BCUT2D eigenvalue weighted by Crippen LogP contribution is 2.26. The van der Waals surface area contributed by atoms with Crippen molar-refractivity contribution in [2.45, 2.75) is 25.3 Å². The molecule has 1 N–H and O–H groups in total. The Labute approximate surface area is 154 Å². The molecule has 136 valence electrons. The third-order valence-corrected chi connectivity index (χ3v) is 5.34. The molecule has 5 heteroatoms. The number of hydrogen-bond donors (Lipinski definition) is 1. The van der Waals surface area contributed by atoms with Crippen LogP contribution in [-0.2, 0) is 6.42 Å². The number of nitrogens with zero attached hydrogens (tertiary/aromatic N) is 2.